The number of ether oxygens (including phenoxy) is 2. The summed E-state index contributed by atoms with van der Waals surface area (Å²) < 4.78 is 11.0. The number of benzene rings is 2. The molecule has 2 heterocycles. The number of urea groups is 1. The number of carbonyl (C=O) groups is 3. The molecule has 0 aromatic heterocycles. The molecule has 2 aliphatic heterocycles. The minimum atomic E-state index is -1.21. The van der Waals surface area contributed by atoms with Crippen molar-refractivity contribution >= 4 is 23.5 Å². The number of anilines is 1. The van der Waals surface area contributed by atoms with Crippen LogP contribution in [0.3, 0.4) is 0 Å². The predicted octanol–water partition coefficient (Wildman–Crippen LogP) is 2.82. The van der Waals surface area contributed by atoms with Gasteiger partial charge >= 0.3 is 6.03 Å². The summed E-state index contributed by atoms with van der Waals surface area (Å²) in [5, 5.41) is 5.43. The van der Waals surface area contributed by atoms with E-state index in [2.05, 4.69) is 17.6 Å². The average molecular weight is 423 g/mol. The van der Waals surface area contributed by atoms with Crippen LogP contribution in [0.5, 0.6) is 11.5 Å². The molecule has 162 valence electrons. The molecular weight excluding hydrogens is 398 g/mol. The lowest BCUT2D eigenvalue weighted by Crippen LogP contribution is -2.42. The summed E-state index contributed by atoms with van der Waals surface area (Å²) in [6, 6.07) is 12.1. The standard InChI is InChI=1S/C23H25N3O5/c1-3-4-15-5-7-16(8-6-15)23(2)21(28)26(22(29)25-23)14-20(27)24-17-9-10-18-19(13-17)31-12-11-30-18/h5-10,13H,3-4,11-12,14H2,1-2H3,(H,24,27)(H,25,29)/t23-/m1/s1. The fourth-order valence-corrected chi connectivity index (χ4v) is 3.79. The van der Waals surface area contributed by atoms with Crippen molar-refractivity contribution in [1.29, 1.82) is 0 Å². The number of amides is 4. The lowest BCUT2D eigenvalue weighted by molar-refractivity contribution is -0.133. The summed E-state index contributed by atoms with van der Waals surface area (Å²) in [7, 11) is 0. The van der Waals surface area contributed by atoms with Crippen LogP contribution in [0.25, 0.3) is 0 Å². The van der Waals surface area contributed by atoms with Gasteiger partial charge < -0.3 is 20.1 Å². The highest BCUT2D eigenvalue weighted by Crippen LogP contribution is 2.33. The third-order valence-electron chi connectivity index (χ3n) is 5.47. The zero-order valence-electron chi connectivity index (χ0n) is 17.6. The highest BCUT2D eigenvalue weighted by Gasteiger charge is 2.49. The first-order valence-electron chi connectivity index (χ1n) is 10.3. The third kappa shape index (κ3) is 4.05. The van der Waals surface area contributed by atoms with Crippen LogP contribution in [0.4, 0.5) is 10.5 Å². The van der Waals surface area contributed by atoms with Gasteiger partial charge in [-0.05, 0) is 36.6 Å². The number of nitrogens with zero attached hydrogens (tertiary/aromatic N) is 1. The number of carbonyl (C=O) groups excluding carboxylic acids is 3. The van der Waals surface area contributed by atoms with Crippen LogP contribution in [0, 0.1) is 0 Å². The largest absolute Gasteiger partial charge is 0.486 e. The maximum absolute atomic E-state index is 13.1. The molecule has 0 saturated carbocycles. The number of rotatable bonds is 6. The number of hydrogen-bond donors (Lipinski definition) is 2. The molecule has 2 aromatic rings. The van der Waals surface area contributed by atoms with Gasteiger partial charge in [-0.25, -0.2) is 4.79 Å². The normalized spacial score (nSPS) is 19.9. The van der Waals surface area contributed by atoms with Crippen LogP contribution in [0.15, 0.2) is 42.5 Å². The molecule has 2 N–H and O–H groups in total. The lowest BCUT2D eigenvalue weighted by atomic mass is 9.91. The monoisotopic (exact) mass is 423 g/mol. The second-order valence-corrected chi connectivity index (χ2v) is 7.80. The van der Waals surface area contributed by atoms with E-state index < -0.39 is 23.4 Å². The Bertz CT molecular complexity index is 1020. The first kappa shape index (κ1) is 20.7. The summed E-state index contributed by atoms with van der Waals surface area (Å²) in [6.07, 6.45) is 1.97. The van der Waals surface area contributed by atoms with Crippen LogP contribution in [0.2, 0.25) is 0 Å². The van der Waals surface area contributed by atoms with E-state index in [1.54, 1.807) is 25.1 Å². The summed E-state index contributed by atoms with van der Waals surface area (Å²) in [5.41, 5.74) is 1.14. The topological polar surface area (TPSA) is 97.0 Å². The molecule has 4 amide bonds. The van der Waals surface area contributed by atoms with E-state index >= 15 is 0 Å². The van der Waals surface area contributed by atoms with Crippen molar-refractivity contribution in [3.8, 4) is 11.5 Å². The zero-order chi connectivity index (χ0) is 22.0. The van der Waals surface area contributed by atoms with Crippen molar-refractivity contribution in [2.75, 3.05) is 25.1 Å². The molecule has 4 rings (SSSR count). The van der Waals surface area contributed by atoms with E-state index in [1.165, 1.54) is 5.56 Å². The van der Waals surface area contributed by atoms with E-state index in [4.69, 9.17) is 9.47 Å². The summed E-state index contributed by atoms with van der Waals surface area (Å²) >= 11 is 0. The van der Waals surface area contributed by atoms with E-state index in [0.29, 0.717) is 36.0 Å². The van der Waals surface area contributed by atoms with Gasteiger partial charge in [0.15, 0.2) is 11.5 Å². The van der Waals surface area contributed by atoms with Crippen molar-refractivity contribution in [3.63, 3.8) is 0 Å². The fraction of sp³-hybridized carbons (Fsp3) is 0.348. The minimum Gasteiger partial charge on any atom is -0.486 e. The fourth-order valence-electron chi connectivity index (χ4n) is 3.79. The zero-order valence-corrected chi connectivity index (χ0v) is 17.6. The van der Waals surface area contributed by atoms with Gasteiger partial charge in [-0.1, -0.05) is 37.6 Å². The molecule has 0 bridgehead atoms. The van der Waals surface area contributed by atoms with E-state index in [0.717, 1.165) is 17.7 Å². The van der Waals surface area contributed by atoms with Gasteiger partial charge in [0, 0.05) is 11.8 Å². The molecule has 0 aliphatic carbocycles. The molecule has 0 radical (unpaired) electrons. The molecule has 31 heavy (non-hydrogen) atoms. The van der Waals surface area contributed by atoms with Gasteiger partial charge in [-0.3, -0.25) is 14.5 Å². The van der Waals surface area contributed by atoms with E-state index in [1.807, 2.05) is 24.3 Å². The smallest absolute Gasteiger partial charge is 0.325 e. The van der Waals surface area contributed by atoms with Gasteiger partial charge in [0.05, 0.1) is 0 Å². The molecule has 0 unspecified atom stereocenters. The molecule has 2 aliphatic rings. The lowest BCUT2D eigenvalue weighted by Gasteiger charge is -2.22. The van der Waals surface area contributed by atoms with Gasteiger partial charge in [-0.15, -0.1) is 0 Å². The summed E-state index contributed by atoms with van der Waals surface area (Å²) in [6.45, 7) is 4.28. The highest BCUT2D eigenvalue weighted by atomic mass is 16.6. The second kappa shape index (κ2) is 8.29. The minimum absolute atomic E-state index is 0.386. The van der Waals surface area contributed by atoms with Gasteiger partial charge in [0.1, 0.15) is 25.3 Å². The number of fused-ring (bicyclic) bond motifs is 1. The van der Waals surface area contributed by atoms with Crippen LogP contribution in [0.1, 0.15) is 31.4 Å². The van der Waals surface area contributed by atoms with Crippen molar-refractivity contribution in [3.05, 3.63) is 53.6 Å². The van der Waals surface area contributed by atoms with E-state index in [9.17, 15) is 14.4 Å². The Kier molecular flexibility index (Phi) is 5.54. The van der Waals surface area contributed by atoms with Crippen molar-refractivity contribution < 1.29 is 23.9 Å². The number of nitrogens with one attached hydrogen (secondary N) is 2. The maximum atomic E-state index is 13.1. The van der Waals surface area contributed by atoms with Crippen LogP contribution in [-0.2, 0) is 21.5 Å². The molecule has 0 spiro atoms. The first-order valence-corrected chi connectivity index (χ1v) is 10.3. The summed E-state index contributed by atoms with van der Waals surface area (Å²) in [5.74, 6) is 0.206. The Morgan fingerprint density at radius 3 is 2.52 bits per heavy atom. The van der Waals surface area contributed by atoms with Gasteiger partial charge in [0.25, 0.3) is 5.91 Å². The van der Waals surface area contributed by atoms with Crippen molar-refractivity contribution in [2.24, 2.45) is 0 Å². The van der Waals surface area contributed by atoms with Crippen LogP contribution in [-0.4, -0.2) is 42.5 Å². The number of aryl methyl sites for hydroxylation is 1. The van der Waals surface area contributed by atoms with E-state index in [-0.39, 0.29) is 6.54 Å². The van der Waals surface area contributed by atoms with Gasteiger partial charge in [-0.2, -0.15) is 0 Å². The molecule has 2 aromatic carbocycles. The average Bonchev–Trinajstić information content (AvgIpc) is 2.98. The molecule has 1 atom stereocenters. The molecule has 8 nitrogen and oxygen atoms in total. The molecular formula is C23H25N3O5. The number of imide groups is 1. The Balaban J connectivity index is 1.44. The predicted molar refractivity (Wildman–Crippen MR) is 114 cm³/mol. The highest BCUT2D eigenvalue weighted by molar-refractivity contribution is 6.10. The summed E-state index contributed by atoms with van der Waals surface area (Å²) in [4.78, 5) is 39.0. The second-order valence-electron chi connectivity index (χ2n) is 7.80. The van der Waals surface area contributed by atoms with Crippen LogP contribution < -0.4 is 20.1 Å². The van der Waals surface area contributed by atoms with Crippen molar-refractivity contribution in [1.82, 2.24) is 10.2 Å². The van der Waals surface area contributed by atoms with Crippen molar-refractivity contribution in [2.45, 2.75) is 32.2 Å². The van der Waals surface area contributed by atoms with Gasteiger partial charge in [0.2, 0.25) is 5.91 Å². The number of hydrogen-bond acceptors (Lipinski definition) is 5. The Labute approximate surface area is 180 Å². The first-order chi connectivity index (χ1) is 14.9. The Morgan fingerprint density at radius 1 is 1.10 bits per heavy atom. The Hall–Kier alpha value is -3.55. The molecule has 1 fully saturated rings. The van der Waals surface area contributed by atoms with Crippen LogP contribution >= 0.6 is 0 Å². The quantitative estimate of drug-likeness (QED) is 0.697. The molecule has 1 saturated heterocycles. The third-order valence-corrected chi connectivity index (χ3v) is 5.47. The SMILES string of the molecule is CCCc1ccc([C@@]2(C)NC(=O)N(CC(=O)Nc3ccc4c(c3)OCCO4)C2=O)cc1. The molecule has 8 heteroatoms. The Morgan fingerprint density at radius 2 is 1.81 bits per heavy atom. The maximum Gasteiger partial charge on any atom is 0.325 e.